The Morgan fingerprint density at radius 2 is 2.37 bits per heavy atom. The Balaban J connectivity index is 2.29. The van der Waals surface area contributed by atoms with Gasteiger partial charge < -0.3 is 10.4 Å². The number of aromatic nitrogens is 1. The molecule has 0 spiro atoms. The van der Waals surface area contributed by atoms with Gasteiger partial charge in [0.1, 0.15) is 10.7 Å². The molecule has 1 aromatic heterocycles. The highest BCUT2D eigenvalue weighted by Gasteiger charge is 2.33. The highest BCUT2D eigenvalue weighted by atomic mass is 32.2. The molecule has 1 unspecified atom stereocenters. The maximum Gasteiger partial charge on any atom is 0.246 e. The molecule has 0 bridgehead atoms. The van der Waals surface area contributed by atoms with Gasteiger partial charge in [-0.15, -0.1) is 0 Å². The van der Waals surface area contributed by atoms with Gasteiger partial charge >= 0.3 is 0 Å². The van der Waals surface area contributed by atoms with Crippen LogP contribution in [0.4, 0.5) is 5.82 Å². The van der Waals surface area contributed by atoms with Crippen molar-refractivity contribution in [3.63, 3.8) is 0 Å². The second-order valence-corrected chi connectivity index (χ2v) is 6.49. The number of pyridine rings is 1. The molecular formula is C12H19N3O3S. The van der Waals surface area contributed by atoms with E-state index in [1.165, 1.54) is 4.31 Å². The molecule has 1 aromatic rings. The van der Waals surface area contributed by atoms with Crippen molar-refractivity contribution in [3.05, 3.63) is 18.3 Å². The Hall–Kier alpha value is -1.18. The van der Waals surface area contributed by atoms with Crippen molar-refractivity contribution in [2.45, 2.75) is 30.8 Å². The van der Waals surface area contributed by atoms with Crippen LogP contribution in [0.3, 0.4) is 0 Å². The van der Waals surface area contributed by atoms with Crippen LogP contribution in [0.15, 0.2) is 23.2 Å². The van der Waals surface area contributed by atoms with Crippen LogP contribution in [0.2, 0.25) is 0 Å². The number of aliphatic hydroxyl groups is 1. The minimum atomic E-state index is -3.58. The molecule has 7 heteroatoms. The molecular weight excluding hydrogens is 266 g/mol. The van der Waals surface area contributed by atoms with Crippen LogP contribution in [0.25, 0.3) is 0 Å². The molecule has 2 N–H and O–H groups in total. The fourth-order valence-electron chi connectivity index (χ4n) is 2.04. The van der Waals surface area contributed by atoms with Gasteiger partial charge in [0, 0.05) is 25.8 Å². The minimum absolute atomic E-state index is 0.157. The normalized spacial score (nSPS) is 20.6. The van der Waals surface area contributed by atoms with Crippen molar-refractivity contribution in [3.8, 4) is 0 Å². The van der Waals surface area contributed by atoms with E-state index in [4.69, 9.17) is 0 Å². The molecule has 1 atom stereocenters. The summed E-state index contributed by atoms with van der Waals surface area (Å²) in [5.74, 6) is 0.380. The fraction of sp³-hybridized carbons (Fsp3) is 0.583. The molecule has 2 rings (SSSR count). The van der Waals surface area contributed by atoms with E-state index in [1.54, 1.807) is 18.3 Å². The van der Waals surface area contributed by atoms with Crippen molar-refractivity contribution >= 4 is 15.8 Å². The summed E-state index contributed by atoms with van der Waals surface area (Å²) < 4.78 is 26.3. The quantitative estimate of drug-likeness (QED) is 0.830. The standard InChI is InChI=1S/C12H19N3O3S/c1-2-6-13-12-11(4-3-7-14-12)19(17,18)15-8-5-10(16)9-15/h3-4,7,10,16H,2,5-6,8-9H2,1H3,(H,13,14). The van der Waals surface area contributed by atoms with E-state index < -0.39 is 16.1 Å². The van der Waals surface area contributed by atoms with E-state index in [1.807, 2.05) is 6.92 Å². The van der Waals surface area contributed by atoms with E-state index in [0.29, 0.717) is 25.3 Å². The molecule has 1 saturated heterocycles. The summed E-state index contributed by atoms with van der Waals surface area (Å²) in [4.78, 5) is 4.27. The number of hydrogen-bond acceptors (Lipinski definition) is 5. The summed E-state index contributed by atoms with van der Waals surface area (Å²) in [6, 6.07) is 3.15. The van der Waals surface area contributed by atoms with Crippen LogP contribution in [-0.4, -0.2) is 48.6 Å². The number of nitrogens with zero attached hydrogens (tertiary/aromatic N) is 2. The van der Waals surface area contributed by atoms with Gasteiger partial charge in [-0.2, -0.15) is 4.31 Å². The van der Waals surface area contributed by atoms with Crippen molar-refractivity contribution in [2.24, 2.45) is 0 Å². The summed E-state index contributed by atoms with van der Waals surface area (Å²) in [6.07, 6.45) is 2.37. The Labute approximate surface area is 113 Å². The Morgan fingerprint density at radius 3 is 3.00 bits per heavy atom. The van der Waals surface area contributed by atoms with Gasteiger partial charge in [0.15, 0.2) is 0 Å². The van der Waals surface area contributed by atoms with Crippen molar-refractivity contribution in [2.75, 3.05) is 25.0 Å². The number of β-amino-alcohol motifs (C(OH)–C–C–N with tert-alkyl or cyclic N) is 1. The number of nitrogens with one attached hydrogen (secondary N) is 1. The van der Waals surface area contributed by atoms with E-state index in [-0.39, 0.29) is 11.4 Å². The predicted octanol–water partition coefficient (Wildman–Crippen LogP) is 0.659. The van der Waals surface area contributed by atoms with Gasteiger partial charge in [0.2, 0.25) is 10.0 Å². The molecule has 0 radical (unpaired) electrons. The van der Waals surface area contributed by atoms with Crippen LogP contribution < -0.4 is 5.32 Å². The molecule has 1 aliphatic rings. The molecule has 0 amide bonds. The monoisotopic (exact) mass is 285 g/mol. The van der Waals surface area contributed by atoms with Crippen LogP contribution >= 0.6 is 0 Å². The molecule has 1 aliphatic heterocycles. The first-order chi connectivity index (χ1) is 9.05. The highest BCUT2D eigenvalue weighted by molar-refractivity contribution is 7.89. The third-order valence-electron chi connectivity index (χ3n) is 3.06. The van der Waals surface area contributed by atoms with Gasteiger partial charge in [0.25, 0.3) is 0 Å². The Kier molecular flexibility index (Phi) is 4.38. The molecule has 1 fully saturated rings. The first-order valence-corrected chi connectivity index (χ1v) is 7.87. The van der Waals surface area contributed by atoms with Crippen LogP contribution in [0.1, 0.15) is 19.8 Å². The maximum absolute atomic E-state index is 12.5. The Bertz CT molecular complexity index is 533. The van der Waals surface area contributed by atoms with Gasteiger partial charge in [0.05, 0.1) is 6.10 Å². The third-order valence-corrected chi connectivity index (χ3v) is 4.95. The van der Waals surface area contributed by atoms with E-state index in [2.05, 4.69) is 10.3 Å². The zero-order valence-corrected chi connectivity index (χ0v) is 11.7. The van der Waals surface area contributed by atoms with E-state index in [9.17, 15) is 13.5 Å². The summed E-state index contributed by atoms with van der Waals surface area (Å²) >= 11 is 0. The lowest BCUT2D eigenvalue weighted by Crippen LogP contribution is -2.30. The van der Waals surface area contributed by atoms with Gasteiger partial charge in [-0.05, 0) is 25.0 Å². The lowest BCUT2D eigenvalue weighted by Gasteiger charge is -2.18. The minimum Gasteiger partial charge on any atom is -0.392 e. The summed E-state index contributed by atoms with van der Waals surface area (Å²) in [5.41, 5.74) is 0. The lowest BCUT2D eigenvalue weighted by atomic mass is 10.3. The summed E-state index contributed by atoms with van der Waals surface area (Å²) in [7, 11) is -3.58. The molecule has 2 heterocycles. The first-order valence-electron chi connectivity index (χ1n) is 6.42. The van der Waals surface area contributed by atoms with Crippen LogP contribution in [-0.2, 0) is 10.0 Å². The number of sulfonamides is 1. The smallest absolute Gasteiger partial charge is 0.246 e. The SMILES string of the molecule is CCCNc1ncccc1S(=O)(=O)N1CCC(O)C1. The second kappa shape index (κ2) is 5.85. The van der Waals surface area contributed by atoms with Crippen LogP contribution in [0.5, 0.6) is 0 Å². The largest absolute Gasteiger partial charge is 0.392 e. The average molecular weight is 285 g/mol. The lowest BCUT2D eigenvalue weighted by molar-refractivity contribution is 0.189. The average Bonchev–Trinajstić information content (AvgIpc) is 2.84. The third kappa shape index (κ3) is 3.05. The molecule has 0 aromatic carbocycles. The fourth-order valence-corrected chi connectivity index (χ4v) is 3.65. The molecule has 0 aliphatic carbocycles. The van der Waals surface area contributed by atoms with E-state index in [0.717, 1.165) is 6.42 Å². The molecule has 0 saturated carbocycles. The predicted molar refractivity (Wildman–Crippen MR) is 72.4 cm³/mol. The van der Waals surface area contributed by atoms with Crippen molar-refractivity contribution in [1.82, 2.24) is 9.29 Å². The zero-order valence-electron chi connectivity index (χ0n) is 10.9. The highest BCUT2D eigenvalue weighted by Crippen LogP contribution is 2.25. The van der Waals surface area contributed by atoms with Gasteiger partial charge in [-0.1, -0.05) is 6.92 Å². The van der Waals surface area contributed by atoms with Crippen molar-refractivity contribution < 1.29 is 13.5 Å². The van der Waals surface area contributed by atoms with Crippen molar-refractivity contribution in [1.29, 1.82) is 0 Å². The topological polar surface area (TPSA) is 82.5 Å². The second-order valence-electron chi connectivity index (χ2n) is 4.58. The maximum atomic E-state index is 12.5. The number of hydrogen-bond donors (Lipinski definition) is 2. The zero-order chi connectivity index (χ0) is 13.9. The first kappa shape index (κ1) is 14.2. The number of aliphatic hydroxyl groups excluding tert-OH is 1. The van der Waals surface area contributed by atoms with E-state index >= 15 is 0 Å². The number of rotatable bonds is 5. The van der Waals surface area contributed by atoms with Crippen LogP contribution in [0, 0.1) is 0 Å². The molecule has 19 heavy (non-hydrogen) atoms. The molecule has 6 nitrogen and oxygen atoms in total. The summed E-state index contributed by atoms with van der Waals surface area (Å²) in [5, 5.41) is 12.5. The Morgan fingerprint density at radius 1 is 1.58 bits per heavy atom. The summed E-state index contributed by atoms with van der Waals surface area (Å²) in [6.45, 7) is 3.18. The number of anilines is 1. The molecule has 106 valence electrons. The van der Waals surface area contributed by atoms with Gasteiger partial charge in [-0.25, -0.2) is 13.4 Å². The van der Waals surface area contributed by atoms with Gasteiger partial charge in [-0.3, -0.25) is 0 Å².